The van der Waals surface area contributed by atoms with Crippen molar-refractivity contribution in [2.24, 2.45) is 0 Å². The van der Waals surface area contributed by atoms with E-state index in [1.165, 1.54) is 17.5 Å². The number of nitrogens with zero attached hydrogens (tertiary/aromatic N) is 3. The third-order valence-electron chi connectivity index (χ3n) is 5.08. The van der Waals surface area contributed by atoms with Gasteiger partial charge in [0.25, 0.3) is 0 Å². The van der Waals surface area contributed by atoms with E-state index in [2.05, 4.69) is 45.1 Å². The number of amides is 2. The summed E-state index contributed by atoms with van der Waals surface area (Å²) >= 11 is 0. The Morgan fingerprint density at radius 3 is 3.00 bits per heavy atom. The van der Waals surface area contributed by atoms with Gasteiger partial charge in [-0.25, -0.2) is 4.79 Å². The average Bonchev–Trinajstić information content (AvgIpc) is 3.10. The van der Waals surface area contributed by atoms with Crippen LogP contribution in [0.25, 0.3) is 5.65 Å². The van der Waals surface area contributed by atoms with Crippen molar-refractivity contribution in [1.29, 1.82) is 0 Å². The summed E-state index contributed by atoms with van der Waals surface area (Å²) in [6.07, 6.45) is 5.32. The number of aryl methyl sites for hydroxylation is 1. The monoisotopic (exact) mass is 349 g/mol. The summed E-state index contributed by atoms with van der Waals surface area (Å²) in [7, 11) is 0. The molecule has 6 nitrogen and oxygen atoms in total. The van der Waals surface area contributed by atoms with Crippen molar-refractivity contribution in [1.82, 2.24) is 25.2 Å². The first-order chi connectivity index (χ1) is 12.7. The zero-order valence-electron chi connectivity index (χ0n) is 14.9. The SMILES string of the molecule is C[C@@H](NC(=O)NC[C@@H]1CCCc2ccccc21)c1nnc2ccccn12. The van der Waals surface area contributed by atoms with Gasteiger partial charge in [-0.05, 0) is 49.4 Å². The van der Waals surface area contributed by atoms with E-state index < -0.39 is 0 Å². The molecule has 1 aromatic carbocycles. The number of benzene rings is 1. The van der Waals surface area contributed by atoms with Crippen molar-refractivity contribution >= 4 is 11.7 Å². The van der Waals surface area contributed by atoms with Crippen LogP contribution in [0.4, 0.5) is 4.79 Å². The first-order valence-electron chi connectivity index (χ1n) is 9.14. The minimum absolute atomic E-state index is 0.173. The molecule has 1 aliphatic rings. The molecule has 0 spiro atoms. The zero-order chi connectivity index (χ0) is 17.9. The van der Waals surface area contributed by atoms with Crippen molar-refractivity contribution in [2.75, 3.05) is 6.54 Å². The van der Waals surface area contributed by atoms with Gasteiger partial charge < -0.3 is 10.6 Å². The minimum atomic E-state index is -0.231. The number of aromatic nitrogens is 3. The van der Waals surface area contributed by atoms with Gasteiger partial charge >= 0.3 is 6.03 Å². The van der Waals surface area contributed by atoms with E-state index in [0.717, 1.165) is 24.3 Å². The van der Waals surface area contributed by atoms with Crippen molar-refractivity contribution in [2.45, 2.75) is 38.1 Å². The standard InChI is InChI=1S/C20H23N5O/c1-14(19-24-23-18-11-4-5-12-25(18)19)22-20(26)21-13-16-9-6-8-15-7-2-3-10-17(15)16/h2-5,7,10-12,14,16H,6,8-9,13H2,1H3,(H2,21,22,26)/t14-,16+/m1/s1. The molecule has 1 aliphatic carbocycles. The summed E-state index contributed by atoms with van der Waals surface area (Å²) in [5.74, 6) is 1.11. The molecule has 0 fully saturated rings. The number of rotatable bonds is 4. The Morgan fingerprint density at radius 1 is 1.23 bits per heavy atom. The third kappa shape index (κ3) is 3.27. The second-order valence-electron chi connectivity index (χ2n) is 6.85. The van der Waals surface area contributed by atoms with Gasteiger partial charge in [0.2, 0.25) is 0 Å². The van der Waals surface area contributed by atoms with Crippen molar-refractivity contribution in [3.8, 4) is 0 Å². The molecule has 2 heterocycles. The minimum Gasteiger partial charge on any atom is -0.338 e. The van der Waals surface area contributed by atoms with Crippen LogP contribution in [0.3, 0.4) is 0 Å². The van der Waals surface area contributed by atoms with Crippen molar-refractivity contribution in [3.63, 3.8) is 0 Å². The van der Waals surface area contributed by atoms with Crippen LogP contribution in [0.1, 0.15) is 48.7 Å². The Morgan fingerprint density at radius 2 is 2.08 bits per heavy atom. The summed E-state index contributed by atoms with van der Waals surface area (Å²) in [4.78, 5) is 12.4. The number of carbonyl (C=O) groups excluding carboxylic acids is 1. The molecule has 2 atom stereocenters. The summed E-state index contributed by atoms with van der Waals surface area (Å²) < 4.78 is 1.89. The maximum absolute atomic E-state index is 12.4. The van der Waals surface area contributed by atoms with Gasteiger partial charge in [0.1, 0.15) is 0 Å². The van der Waals surface area contributed by atoms with Crippen molar-refractivity contribution in [3.05, 3.63) is 65.6 Å². The van der Waals surface area contributed by atoms with Gasteiger partial charge in [-0.1, -0.05) is 30.3 Å². The number of hydrogen-bond donors (Lipinski definition) is 2. The second kappa shape index (κ2) is 7.15. The molecule has 134 valence electrons. The molecule has 26 heavy (non-hydrogen) atoms. The summed E-state index contributed by atoms with van der Waals surface area (Å²) in [5.41, 5.74) is 3.56. The maximum Gasteiger partial charge on any atom is 0.315 e. The molecule has 2 aromatic heterocycles. The van der Waals surface area contributed by atoms with Crippen LogP contribution in [-0.4, -0.2) is 27.2 Å². The lowest BCUT2D eigenvalue weighted by Gasteiger charge is -2.26. The number of carbonyl (C=O) groups is 1. The molecule has 2 N–H and O–H groups in total. The fourth-order valence-electron chi connectivity index (χ4n) is 3.75. The molecule has 3 aromatic rings. The van der Waals surface area contributed by atoms with Gasteiger partial charge in [0, 0.05) is 18.7 Å². The Balaban J connectivity index is 1.37. The van der Waals surface area contributed by atoms with E-state index in [-0.39, 0.29) is 12.1 Å². The fraction of sp³-hybridized carbons (Fsp3) is 0.350. The molecule has 0 radical (unpaired) electrons. The maximum atomic E-state index is 12.4. The number of nitrogens with one attached hydrogen (secondary N) is 2. The predicted octanol–water partition coefficient (Wildman–Crippen LogP) is 3.21. The number of pyridine rings is 1. The lowest BCUT2D eigenvalue weighted by Crippen LogP contribution is -2.40. The molecule has 0 unspecified atom stereocenters. The van der Waals surface area contributed by atoms with Crippen LogP contribution in [0, 0.1) is 0 Å². The predicted molar refractivity (Wildman–Crippen MR) is 100 cm³/mol. The van der Waals surface area contributed by atoms with E-state index in [0.29, 0.717) is 12.5 Å². The molecule has 0 bridgehead atoms. The first-order valence-corrected chi connectivity index (χ1v) is 9.14. The highest BCUT2D eigenvalue weighted by Gasteiger charge is 2.21. The summed E-state index contributed by atoms with van der Waals surface area (Å²) in [5, 5.41) is 14.3. The quantitative estimate of drug-likeness (QED) is 0.760. The molecule has 0 saturated heterocycles. The Kier molecular flexibility index (Phi) is 4.56. The van der Waals surface area contributed by atoms with Crippen LogP contribution < -0.4 is 10.6 Å². The second-order valence-corrected chi connectivity index (χ2v) is 6.85. The smallest absolute Gasteiger partial charge is 0.315 e. The Labute approximate surface area is 152 Å². The highest BCUT2D eigenvalue weighted by molar-refractivity contribution is 5.74. The summed E-state index contributed by atoms with van der Waals surface area (Å²) in [6.45, 7) is 2.56. The number of urea groups is 1. The van der Waals surface area contributed by atoms with E-state index in [4.69, 9.17) is 0 Å². The van der Waals surface area contributed by atoms with Crippen LogP contribution in [0.15, 0.2) is 48.7 Å². The van der Waals surface area contributed by atoms with Gasteiger partial charge in [-0.15, -0.1) is 10.2 Å². The van der Waals surface area contributed by atoms with Crippen LogP contribution in [0.5, 0.6) is 0 Å². The van der Waals surface area contributed by atoms with Crippen LogP contribution in [0.2, 0.25) is 0 Å². The van der Waals surface area contributed by atoms with Crippen LogP contribution in [-0.2, 0) is 6.42 Å². The molecular weight excluding hydrogens is 326 g/mol. The topological polar surface area (TPSA) is 71.3 Å². The lowest BCUT2D eigenvalue weighted by molar-refractivity contribution is 0.236. The van der Waals surface area contributed by atoms with Gasteiger partial charge in [0.05, 0.1) is 6.04 Å². The zero-order valence-corrected chi connectivity index (χ0v) is 14.9. The highest BCUT2D eigenvalue weighted by atomic mass is 16.2. The van der Waals surface area contributed by atoms with E-state index in [1.807, 2.05) is 35.7 Å². The Hall–Kier alpha value is -2.89. The molecule has 4 rings (SSSR count). The highest BCUT2D eigenvalue weighted by Crippen LogP contribution is 2.30. The van der Waals surface area contributed by atoms with Gasteiger partial charge in [0.15, 0.2) is 11.5 Å². The van der Waals surface area contributed by atoms with E-state index >= 15 is 0 Å². The number of hydrogen-bond acceptors (Lipinski definition) is 3. The van der Waals surface area contributed by atoms with Gasteiger partial charge in [-0.3, -0.25) is 4.40 Å². The molecule has 6 heteroatoms. The van der Waals surface area contributed by atoms with E-state index in [9.17, 15) is 4.79 Å². The molecule has 0 saturated carbocycles. The average molecular weight is 349 g/mol. The Bertz CT molecular complexity index is 919. The molecular formula is C20H23N5O. The van der Waals surface area contributed by atoms with Crippen molar-refractivity contribution < 1.29 is 4.79 Å². The molecule has 0 aliphatic heterocycles. The van der Waals surface area contributed by atoms with Gasteiger partial charge in [-0.2, -0.15) is 0 Å². The number of fused-ring (bicyclic) bond motifs is 2. The third-order valence-corrected chi connectivity index (χ3v) is 5.08. The normalized spacial score (nSPS) is 17.5. The lowest BCUT2D eigenvalue weighted by atomic mass is 9.83. The molecule has 2 amide bonds. The first kappa shape index (κ1) is 16.6. The van der Waals surface area contributed by atoms with E-state index in [1.54, 1.807) is 0 Å². The van der Waals surface area contributed by atoms with Crippen LogP contribution >= 0.6 is 0 Å². The summed E-state index contributed by atoms with van der Waals surface area (Å²) in [6, 6.07) is 13.9. The largest absolute Gasteiger partial charge is 0.338 e. The fourth-order valence-corrected chi connectivity index (χ4v) is 3.75.